The molecule has 0 radical (unpaired) electrons. The fraction of sp³-hybridized carbons (Fsp3) is 0.394. The van der Waals surface area contributed by atoms with E-state index < -0.39 is 23.2 Å². The van der Waals surface area contributed by atoms with E-state index in [1.807, 2.05) is 4.90 Å². The van der Waals surface area contributed by atoms with Crippen LogP contribution in [0, 0.1) is 12.7 Å². The van der Waals surface area contributed by atoms with Crippen molar-refractivity contribution in [3.8, 4) is 23.1 Å². The van der Waals surface area contributed by atoms with Crippen LogP contribution < -0.4 is 15.3 Å². The minimum absolute atomic E-state index is 0.0158. The first-order chi connectivity index (χ1) is 21.7. The maximum Gasteiger partial charge on any atom is 0.349 e. The maximum atomic E-state index is 15.2. The van der Waals surface area contributed by atoms with E-state index in [0.29, 0.717) is 49.2 Å². The molecule has 45 heavy (non-hydrogen) atoms. The van der Waals surface area contributed by atoms with Gasteiger partial charge in [-0.1, -0.05) is 23.9 Å². The van der Waals surface area contributed by atoms with Gasteiger partial charge in [0.1, 0.15) is 35.5 Å². The van der Waals surface area contributed by atoms with Gasteiger partial charge in [-0.05, 0) is 68.0 Å². The molecule has 4 aromatic rings. The van der Waals surface area contributed by atoms with Gasteiger partial charge in [0, 0.05) is 47.8 Å². The fourth-order valence-electron chi connectivity index (χ4n) is 7.60. The number of phenolic OH excluding ortho intramolecular Hbond substituents is 1. The molecule has 0 saturated carbocycles. The number of phenols is 1. The zero-order valence-electron chi connectivity index (χ0n) is 24.5. The fourth-order valence-corrected chi connectivity index (χ4v) is 8.62. The highest BCUT2D eigenvalue weighted by Crippen LogP contribution is 2.42. The van der Waals surface area contributed by atoms with Gasteiger partial charge in [-0.25, -0.2) is 13.6 Å². The standard InChI is InChI=1S/C33H30F2N4O5S/c1-17-28-27(31(42)44-29(17)22-12-21(40)10-18-4-2-5-23(35)26(18)22)30(38-9-6-24-19(14-38)11-25(41)45-24)37-32(36-28)43-16-33-7-3-8-39(33)15-20(34)13-33/h2,4-5,10-12,20,24,40H,3,6-9,13-16H2,1H3/t20-,24?,33+/m1/s1. The Morgan fingerprint density at radius 1 is 1.20 bits per heavy atom. The minimum Gasteiger partial charge on any atom is -0.508 e. The third-order valence-corrected chi connectivity index (χ3v) is 10.8. The van der Waals surface area contributed by atoms with Crippen molar-refractivity contribution in [2.75, 3.05) is 37.7 Å². The van der Waals surface area contributed by atoms with Gasteiger partial charge in [0.2, 0.25) is 5.12 Å². The zero-order chi connectivity index (χ0) is 31.0. The molecule has 1 N–H and O–H groups in total. The van der Waals surface area contributed by atoms with Crippen LogP contribution in [0.5, 0.6) is 11.8 Å². The van der Waals surface area contributed by atoms with Crippen LogP contribution in [-0.4, -0.2) is 74.8 Å². The quantitative estimate of drug-likeness (QED) is 0.312. The van der Waals surface area contributed by atoms with Crippen LogP contribution in [0.2, 0.25) is 0 Å². The molecule has 3 atom stereocenters. The van der Waals surface area contributed by atoms with Crippen molar-refractivity contribution in [2.24, 2.45) is 0 Å². The Kier molecular flexibility index (Phi) is 6.65. The number of benzene rings is 2. The average molecular weight is 633 g/mol. The van der Waals surface area contributed by atoms with Crippen molar-refractivity contribution in [1.82, 2.24) is 14.9 Å². The van der Waals surface area contributed by atoms with E-state index in [9.17, 15) is 19.1 Å². The molecule has 0 aliphatic carbocycles. The number of rotatable bonds is 5. The van der Waals surface area contributed by atoms with E-state index in [1.54, 1.807) is 25.1 Å². The highest BCUT2D eigenvalue weighted by molar-refractivity contribution is 8.15. The van der Waals surface area contributed by atoms with Gasteiger partial charge in [-0.3, -0.25) is 9.69 Å². The van der Waals surface area contributed by atoms with Crippen LogP contribution in [-0.2, 0) is 4.79 Å². The van der Waals surface area contributed by atoms with Crippen LogP contribution in [0.15, 0.2) is 51.2 Å². The summed E-state index contributed by atoms with van der Waals surface area (Å²) in [6, 6.07) is 7.39. The Bertz CT molecular complexity index is 2000. The molecule has 6 heterocycles. The van der Waals surface area contributed by atoms with Gasteiger partial charge >= 0.3 is 11.6 Å². The highest BCUT2D eigenvalue weighted by Gasteiger charge is 2.49. The van der Waals surface area contributed by atoms with E-state index in [4.69, 9.17) is 19.1 Å². The van der Waals surface area contributed by atoms with E-state index in [-0.39, 0.29) is 56.3 Å². The Morgan fingerprint density at radius 3 is 2.93 bits per heavy atom. The zero-order valence-corrected chi connectivity index (χ0v) is 25.3. The van der Waals surface area contributed by atoms with Crippen molar-refractivity contribution in [1.29, 1.82) is 0 Å². The number of alkyl halides is 1. The number of hydrogen-bond donors (Lipinski definition) is 1. The number of carbonyl (C=O) groups excluding carboxylic acids is 1. The first-order valence-corrected chi connectivity index (χ1v) is 16.0. The Hall–Kier alpha value is -4.03. The molecule has 2 aromatic heterocycles. The van der Waals surface area contributed by atoms with Gasteiger partial charge in [0.05, 0.1) is 11.1 Å². The summed E-state index contributed by atoms with van der Waals surface area (Å²) in [4.78, 5) is 39.5. The topological polar surface area (TPSA) is 109 Å². The van der Waals surface area contributed by atoms with Crippen molar-refractivity contribution in [3.63, 3.8) is 0 Å². The molecule has 12 heteroatoms. The number of aryl methyl sites for hydroxylation is 1. The Morgan fingerprint density at radius 2 is 2.07 bits per heavy atom. The number of piperidine rings is 1. The van der Waals surface area contributed by atoms with Crippen LogP contribution in [0.4, 0.5) is 14.6 Å². The molecule has 4 aliphatic heterocycles. The summed E-state index contributed by atoms with van der Waals surface area (Å²) in [5.74, 6) is -0.240. The van der Waals surface area contributed by atoms with Crippen LogP contribution in [0.3, 0.4) is 0 Å². The molecular weight excluding hydrogens is 602 g/mol. The third-order valence-electron chi connectivity index (χ3n) is 9.66. The lowest BCUT2D eigenvalue weighted by Gasteiger charge is -2.33. The predicted molar refractivity (Wildman–Crippen MR) is 167 cm³/mol. The summed E-state index contributed by atoms with van der Waals surface area (Å²) >= 11 is 1.31. The summed E-state index contributed by atoms with van der Waals surface area (Å²) in [5.41, 5.74) is 0.748. The highest BCUT2D eigenvalue weighted by atomic mass is 32.2. The second-order valence-electron chi connectivity index (χ2n) is 12.4. The van der Waals surface area contributed by atoms with Crippen LogP contribution >= 0.6 is 11.8 Å². The second-order valence-corrected chi connectivity index (χ2v) is 13.7. The first kappa shape index (κ1) is 28.4. The lowest BCUT2D eigenvalue weighted by Crippen LogP contribution is -2.43. The number of thioether (sulfide) groups is 1. The van der Waals surface area contributed by atoms with Crippen molar-refractivity contribution >= 4 is 44.4 Å². The molecule has 232 valence electrons. The normalized spacial score (nSPS) is 24.8. The van der Waals surface area contributed by atoms with Gasteiger partial charge in [-0.15, -0.1) is 0 Å². The molecule has 1 unspecified atom stereocenters. The SMILES string of the molecule is Cc1c(-c2cc(O)cc3cccc(F)c23)oc(=O)c2c(N3CCC4SC(=O)C=C4C3)nc(OC[C@@]34CCCN3C[C@H](F)C4)nc12. The molecule has 3 saturated heterocycles. The van der Waals surface area contributed by atoms with Crippen molar-refractivity contribution in [2.45, 2.75) is 49.6 Å². The van der Waals surface area contributed by atoms with Gasteiger partial charge in [0.15, 0.2) is 5.82 Å². The average Bonchev–Trinajstić information content (AvgIpc) is 3.67. The molecule has 9 nitrogen and oxygen atoms in total. The Balaban J connectivity index is 1.29. The van der Waals surface area contributed by atoms with Crippen molar-refractivity contribution in [3.05, 3.63) is 63.8 Å². The summed E-state index contributed by atoms with van der Waals surface area (Å²) in [7, 11) is 0. The van der Waals surface area contributed by atoms with E-state index >= 15 is 4.39 Å². The molecule has 0 amide bonds. The minimum atomic E-state index is -0.921. The van der Waals surface area contributed by atoms with Gasteiger partial charge < -0.3 is 19.2 Å². The molecule has 0 bridgehead atoms. The molecule has 8 rings (SSSR count). The van der Waals surface area contributed by atoms with Gasteiger partial charge in [-0.2, -0.15) is 9.97 Å². The van der Waals surface area contributed by atoms with Crippen molar-refractivity contribution < 1.29 is 27.8 Å². The number of halogens is 2. The molecular formula is C33H30F2N4O5S. The first-order valence-electron chi connectivity index (χ1n) is 15.1. The summed E-state index contributed by atoms with van der Waals surface area (Å²) in [6.45, 7) is 4.06. The smallest absolute Gasteiger partial charge is 0.349 e. The summed E-state index contributed by atoms with van der Waals surface area (Å²) in [6.07, 6.45) is 3.57. The predicted octanol–water partition coefficient (Wildman–Crippen LogP) is 5.29. The summed E-state index contributed by atoms with van der Waals surface area (Å²) < 4.78 is 41.8. The third kappa shape index (κ3) is 4.68. The number of aromatic hydroxyl groups is 1. The lowest BCUT2D eigenvalue weighted by atomic mass is 9.95. The van der Waals surface area contributed by atoms with Crippen LogP contribution in [0.25, 0.3) is 33.0 Å². The number of fused-ring (bicyclic) bond motifs is 4. The molecule has 0 spiro atoms. The second kappa shape index (κ2) is 10.5. The molecule has 3 fully saturated rings. The largest absolute Gasteiger partial charge is 0.508 e. The molecule has 2 aromatic carbocycles. The maximum absolute atomic E-state index is 15.2. The number of nitrogens with zero attached hydrogens (tertiary/aromatic N) is 4. The van der Waals surface area contributed by atoms with Crippen LogP contribution in [0.1, 0.15) is 31.2 Å². The Labute approximate surface area is 260 Å². The van der Waals surface area contributed by atoms with Gasteiger partial charge in [0.25, 0.3) is 0 Å². The number of aromatic nitrogens is 2. The number of anilines is 1. The number of carbonyl (C=O) groups is 1. The van der Waals surface area contributed by atoms with E-state index in [1.165, 1.54) is 30.0 Å². The summed E-state index contributed by atoms with van der Waals surface area (Å²) in [5, 5.41) is 11.4. The van der Waals surface area contributed by atoms with E-state index in [2.05, 4.69) is 4.90 Å². The monoisotopic (exact) mass is 632 g/mol. The number of ether oxygens (including phenoxy) is 1. The number of hydrogen-bond acceptors (Lipinski definition) is 10. The lowest BCUT2D eigenvalue weighted by molar-refractivity contribution is -0.106. The molecule has 4 aliphatic rings. The van der Waals surface area contributed by atoms with E-state index in [0.717, 1.165) is 25.0 Å².